The van der Waals surface area contributed by atoms with E-state index in [-0.39, 0.29) is 6.04 Å². The molecule has 0 spiro atoms. The van der Waals surface area contributed by atoms with Crippen molar-refractivity contribution in [1.29, 1.82) is 0 Å². The summed E-state index contributed by atoms with van der Waals surface area (Å²) in [6.07, 6.45) is 3.40. The number of hydrogen-bond donors (Lipinski definition) is 1. The van der Waals surface area contributed by atoms with Crippen molar-refractivity contribution in [3.05, 3.63) is 18.0 Å². The first-order chi connectivity index (χ1) is 9.36. The number of methoxy groups -OCH3 is 1. The van der Waals surface area contributed by atoms with Crippen LogP contribution in [-0.4, -0.2) is 34.0 Å². The summed E-state index contributed by atoms with van der Waals surface area (Å²) >= 11 is 0. The summed E-state index contributed by atoms with van der Waals surface area (Å²) < 4.78 is 10.3. The van der Waals surface area contributed by atoms with Crippen molar-refractivity contribution in [3.8, 4) is 17.4 Å². The van der Waals surface area contributed by atoms with Crippen LogP contribution >= 0.6 is 0 Å². The lowest BCUT2D eigenvalue weighted by molar-refractivity contribution is 0.297. The van der Waals surface area contributed by atoms with Crippen LogP contribution in [-0.2, 0) is 0 Å². The maximum atomic E-state index is 5.29. The molecule has 2 aromatic heterocycles. The van der Waals surface area contributed by atoms with Crippen molar-refractivity contribution < 1.29 is 9.26 Å². The molecule has 19 heavy (non-hydrogen) atoms. The van der Waals surface area contributed by atoms with Crippen LogP contribution in [0.4, 0.5) is 0 Å². The third-order valence-electron chi connectivity index (χ3n) is 3.13. The molecular formula is C12H15N5O2. The maximum absolute atomic E-state index is 5.29. The molecule has 1 fully saturated rings. The number of nitrogens with zero attached hydrogens (tertiary/aromatic N) is 4. The molecule has 3 heterocycles. The zero-order valence-corrected chi connectivity index (χ0v) is 10.7. The van der Waals surface area contributed by atoms with E-state index in [1.807, 2.05) is 0 Å². The van der Waals surface area contributed by atoms with Gasteiger partial charge in [-0.25, -0.2) is 0 Å². The van der Waals surface area contributed by atoms with E-state index >= 15 is 0 Å². The molecule has 0 unspecified atom stereocenters. The smallest absolute Gasteiger partial charge is 0.244 e. The topological polar surface area (TPSA) is 86.0 Å². The van der Waals surface area contributed by atoms with E-state index in [1.54, 1.807) is 19.2 Å². The minimum Gasteiger partial charge on any atom is -0.480 e. The summed E-state index contributed by atoms with van der Waals surface area (Å²) in [5.74, 6) is 1.53. The van der Waals surface area contributed by atoms with E-state index < -0.39 is 0 Å². The minimum absolute atomic E-state index is 0.154. The Hall–Kier alpha value is -2.02. The molecular weight excluding hydrogens is 246 g/mol. The van der Waals surface area contributed by atoms with Crippen LogP contribution in [0.25, 0.3) is 11.5 Å². The fourth-order valence-electron chi connectivity index (χ4n) is 2.09. The third-order valence-corrected chi connectivity index (χ3v) is 3.13. The lowest BCUT2D eigenvalue weighted by Crippen LogP contribution is -2.26. The quantitative estimate of drug-likeness (QED) is 0.892. The van der Waals surface area contributed by atoms with Gasteiger partial charge in [0.05, 0.1) is 13.2 Å². The highest BCUT2D eigenvalue weighted by molar-refractivity contribution is 5.47. The Morgan fingerprint density at radius 3 is 2.95 bits per heavy atom. The van der Waals surface area contributed by atoms with Crippen molar-refractivity contribution in [1.82, 2.24) is 25.7 Å². The summed E-state index contributed by atoms with van der Waals surface area (Å²) in [6, 6.07) is 3.63. The molecule has 1 aliphatic rings. The number of nitrogens with one attached hydrogen (secondary N) is 1. The Labute approximate surface area is 110 Å². The molecule has 0 radical (unpaired) electrons. The first kappa shape index (κ1) is 12.0. The van der Waals surface area contributed by atoms with Crippen molar-refractivity contribution in [2.75, 3.05) is 13.7 Å². The normalized spacial score (nSPS) is 19.3. The van der Waals surface area contributed by atoms with E-state index in [0.29, 0.717) is 23.3 Å². The fraction of sp³-hybridized carbons (Fsp3) is 0.500. The van der Waals surface area contributed by atoms with Crippen LogP contribution in [0, 0.1) is 0 Å². The zero-order chi connectivity index (χ0) is 13.1. The summed E-state index contributed by atoms with van der Waals surface area (Å²) in [7, 11) is 1.55. The Kier molecular flexibility index (Phi) is 3.37. The van der Waals surface area contributed by atoms with Gasteiger partial charge < -0.3 is 14.6 Å². The molecule has 3 rings (SSSR count). The molecule has 0 bridgehead atoms. The molecule has 1 saturated heterocycles. The maximum Gasteiger partial charge on any atom is 0.244 e. The van der Waals surface area contributed by atoms with Gasteiger partial charge in [0.15, 0.2) is 0 Å². The second-order valence-corrected chi connectivity index (χ2v) is 4.42. The average molecular weight is 261 g/mol. The van der Waals surface area contributed by atoms with Gasteiger partial charge in [-0.05, 0) is 25.5 Å². The molecule has 0 saturated carbocycles. The number of hydrogen-bond acceptors (Lipinski definition) is 7. The van der Waals surface area contributed by atoms with Crippen LogP contribution in [0.15, 0.2) is 16.7 Å². The van der Waals surface area contributed by atoms with Gasteiger partial charge in [0.1, 0.15) is 5.69 Å². The van der Waals surface area contributed by atoms with Crippen LogP contribution < -0.4 is 10.1 Å². The van der Waals surface area contributed by atoms with Gasteiger partial charge >= 0.3 is 0 Å². The SMILES string of the molecule is COc1ccc(-c2noc([C@@H]3CCCCN3)n2)nn1. The van der Waals surface area contributed by atoms with E-state index in [2.05, 4.69) is 25.7 Å². The molecule has 0 aromatic carbocycles. The van der Waals surface area contributed by atoms with Crippen molar-refractivity contribution in [2.45, 2.75) is 25.3 Å². The zero-order valence-electron chi connectivity index (χ0n) is 10.7. The van der Waals surface area contributed by atoms with Gasteiger partial charge in [0.25, 0.3) is 0 Å². The highest BCUT2D eigenvalue weighted by Crippen LogP contribution is 2.23. The Bertz CT molecular complexity index is 533. The van der Waals surface area contributed by atoms with E-state index in [1.165, 1.54) is 12.8 Å². The number of piperidine rings is 1. The molecule has 0 aliphatic carbocycles. The first-order valence-electron chi connectivity index (χ1n) is 6.32. The molecule has 0 amide bonds. The van der Waals surface area contributed by atoms with Gasteiger partial charge in [-0.15, -0.1) is 10.2 Å². The van der Waals surface area contributed by atoms with E-state index in [9.17, 15) is 0 Å². The fourth-order valence-corrected chi connectivity index (χ4v) is 2.09. The Morgan fingerprint density at radius 2 is 2.26 bits per heavy atom. The first-order valence-corrected chi connectivity index (χ1v) is 6.32. The molecule has 7 nitrogen and oxygen atoms in total. The minimum atomic E-state index is 0.154. The lowest BCUT2D eigenvalue weighted by Gasteiger charge is -2.19. The summed E-state index contributed by atoms with van der Waals surface area (Å²) in [5.41, 5.74) is 0.576. The summed E-state index contributed by atoms with van der Waals surface area (Å²) in [4.78, 5) is 4.38. The van der Waals surface area contributed by atoms with Gasteiger partial charge in [-0.3, -0.25) is 0 Å². The van der Waals surface area contributed by atoms with E-state index in [4.69, 9.17) is 9.26 Å². The summed E-state index contributed by atoms with van der Waals surface area (Å²) in [5, 5.41) is 15.2. The van der Waals surface area contributed by atoms with Gasteiger partial charge in [-0.2, -0.15) is 4.98 Å². The second kappa shape index (κ2) is 5.31. The van der Waals surface area contributed by atoms with Gasteiger partial charge in [0, 0.05) is 6.07 Å². The molecule has 1 atom stereocenters. The van der Waals surface area contributed by atoms with Crippen LogP contribution in [0.5, 0.6) is 5.88 Å². The predicted octanol–water partition coefficient (Wildman–Crippen LogP) is 1.35. The third kappa shape index (κ3) is 2.55. The van der Waals surface area contributed by atoms with Gasteiger partial charge in [-0.1, -0.05) is 11.6 Å². The highest BCUT2D eigenvalue weighted by Gasteiger charge is 2.21. The largest absolute Gasteiger partial charge is 0.480 e. The van der Waals surface area contributed by atoms with Gasteiger partial charge in [0.2, 0.25) is 17.6 Å². The molecule has 1 N–H and O–H groups in total. The number of rotatable bonds is 3. The van der Waals surface area contributed by atoms with Crippen LogP contribution in [0.3, 0.4) is 0 Å². The Balaban J connectivity index is 1.79. The molecule has 7 heteroatoms. The van der Waals surface area contributed by atoms with E-state index in [0.717, 1.165) is 13.0 Å². The molecule has 1 aliphatic heterocycles. The second-order valence-electron chi connectivity index (χ2n) is 4.42. The van der Waals surface area contributed by atoms with Crippen LogP contribution in [0.1, 0.15) is 31.2 Å². The Morgan fingerprint density at radius 1 is 1.32 bits per heavy atom. The van der Waals surface area contributed by atoms with Crippen molar-refractivity contribution in [2.24, 2.45) is 0 Å². The van der Waals surface area contributed by atoms with Crippen LogP contribution in [0.2, 0.25) is 0 Å². The molecule has 2 aromatic rings. The number of aromatic nitrogens is 4. The monoisotopic (exact) mass is 261 g/mol. The number of ether oxygens (including phenoxy) is 1. The average Bonchev–Trinajstić information content (AvgIpc) is 2.98. The van der Waals surface area contributed by atoms with Crippen molar-refractivity contribution in [3.63, 3.8) is 0 Å². The lowest BCUT2D eigenvalue weighted by atomic mass is 10.1. The van der Waals surface area contributed by atoms with Crippen molar-refractivity contribution >= 4 is 0 Å². The molecule has 100 valence electrons. The predicted molar refractivity (Wildman–Crippen MR) is 66.5 cm³/mol. The summed E-state index contributed by atoms with van der Waals surface area (Å²) in [6.45, 7) is 0.991. The standard InChI is InChI=1S/C12H15N5O2/c1-18-10-6-5-8(15-16-10)11-14-12(19-17-11)9-4-2-3-7-13-9/h5-6,9,13H,2-4,7H2,1H3/t9-/m0/s1. The highest BCUT2D eigenvalue weighted by atomic mass is 16.5.